The van der Waals surface area contributed by atoms with Crippen molar-refractivity contribution in [3.05, 3.63) is 41.8 Å². The van der Waals surface area contributed by atoms with Gasteiger partial charge in [-0.15, -0.1) is 11.3 Å². The number of ether oxygens (including phenoxy) is 1. The lowest BCUT2D eigenvalue weighted by atomic mass is 10.4. The van der Waals surface area contributed by atoms with Gasteiger partial charge in [-0.05, 0) is 12.1 Å². The first-order chi connectivity index (χ1) is 10.3. The highest BCUT2D eigenvalue weighted by atomic mass is 32.1. The maximum atomic E-state index is 11.8. The van der Waals surface area contributed by atoms with Gasteiger partial charge in [0.15, 0.2) is 23.1 Å². The number of aromatic nitrogens is 3. The third-order valence-electron chi connectivity index (χ3n) is 2.74. The van der Waals surface area contributed by atoms with Crippen LogP contribution in [0.1, 0.15) is 5.69 Å². The smallest absolute Gasteiger partial charge is 0.264 e. The maximum Gasteiger partial charge on any atom is 0.264 e. The zero-order valence-electron chi connectivity index (χ0n) is 11.0. The van der Waals surface area contributed by atoms with Crippen LogP contribution in [-0.4, -0.2) is 26.9 Å². The minimum Gasteiger partial charge on any atom is -0.480 e. The Morgan fingerprint density at radius 3 is 3.19 bits per heavy atom. The molecule has 0 unspecified atom stereocenters. The molecule has 0 aromatic carbocycles. The van der Waals surface area contributed by atoms with Crippen LogP contribution in [0.4, 0.5) is 5.13 Å². The Labute approximate surface area is 124 Å². The van der Waals surface area contributed by atoms with Gasteiger partial charge in [0.05, 0.1) is 5.69 Å². The summed E-state index contributed by atoms with van der Waals surface area (Å²) in [5.41, 5.74) is 6.98. The minimum absolute atomic E-state index is 0.107. The molecule has 21 heavy (non-hydrogen) atoms. The number of carbonyl (C=O) groups is 1. The number of thiazole rings is 1. The molecule has 0 radical (unpaired) electrons. The fourth-order valence-electron chi connectivity index (χ4n) is 1.83. The molecular weight excluding hydrogens is 290 g/mol. The fraction of sp³-hybridized carbons (Fsp3) is 0.154. The van der Waals surface area contributed by atoms with E-state index in [2.05, 4.69) is 15.3 Å². The van der Waals surface area contributed by atoms with E-state index in [9.17, 15) is 4.79 Å². The molecule has 0 aliphatic carbocycles. The minimum atomic E-state index is -0.266. The molecule has 0 atom stereocenters. The molecule has 3 heterocycles. The van der Waals surface area contributed by atoms with Gasteiger partial charge in [-0.25, -0.2) is 9.97 Å². The molecular formula is C13H13N5O2S. The van der Waals surface area contributed by atoms with Gasteiger partial charge >= 0.3 is 0 Å². The first kappa shape index (κ1) is 13.5. The van der Waals surface area contributed by atoms with Crippen molar-refractivity contribution in [3.63, 3.8) is 0 Å². The molecule has 3 aromatic rings. The number of pyridine rings is 1. The van der Waals surface area contributed by atoms with Crippen LogP contribution < -0.4 is 15.8 Å². The SMILES string of the molecule is NCc1cn2cccc(OCC(=O)Nc3nccs3)c2n1. The molecule has 108 valence electrons. The Morgan fingerprint density at radius 1 is 1.52 bits per heavy atom. The first-order valence-electron chi connectivity index (χ1n) is 6.25. The Hall–Kier alpha value is -2.45. The summed E-state index contributed by atoms with van der Waals surface area (Å²) < 4.78 is 7.34. The lowest BCUT2D eigenvalue weighted by Gasteiger charge is -2.06. The molecule has 0 fully saturated rings. The third kappa shape index (κ3) is 3.01. The summed E-state index contributed by atoms with van der Waals surface area (Å²) in [6, 6.07) is 3.59. The second-order valence-corrected chi connectivity index (χ2v) is 5.11. The number of hydrogen-bond acceptors (Lipinski definition) is 6. The summed E-state index contributed by atoms with van der Waals surface area (Å²) >= 11 is 1.35. The molecule has 7 nitrogen and oxygen atoms in total. The molecule has 0 aliphatic heterocycles. The lowest BCUT2D eigenvalue weighted by Crippen LogP contribution is -2.20. The van der Waals surface area contributed by atoms with E-state index in [0.29, 0.717) is 23.1 Å². The van der Waals surface area contributed by atoms with E-state index in [1.807, 2.05) is 22.9 Å². The summed E-state index contributed by atoms with van der Waals surface area (Å²) in [7, 11) is 0. The molecule has 3 aromatic heterocycles. The molecule has 1 amide bonds. The van der Waals surface area contributed by atoms with Gasteiger partial charge in [0.2, 0.25) is 0 Å². The Morgan fingerprint density at radius 2 is 2.43 bits per heavy atom. The van der Waals surface area contributed by atoms with Gasteiger partial charge in [0, 0.05) is 30.5 Å². The Bertz CT molecular complexity index is 753. The highest BCUT2D eigenvalue weighted by Crippen LogP contribution is 2.19. The van der Waals surface area contributed by atoms with Crippen molar-refractivity contribution in [2.24, 2.45) is 5.73 Å². The lowest BCUT2D eigenvalue weighted by molar-refractivity contribution is -0.118. The second-order valence-electron chi connectivity index (χ2n) is 4.21. The number of rotatable bonds is 5. The van der Waals surface area contributed by atoms with Crippen molar-refractivity contribution in [3.8, 4) is 5.75 Å². The van der Waals surface area contributed by atoms with E-state index in [1.54, 1.807) is 17.6 Å². The normalized spacial score (nSPS) is 10.7. The molecule has 0 aliphatic rings. The first-order valence-corrected chi connectivity index (χ1v) is 7.13. The number of nitrogens with one attached hydrogen (secondary N) is 1. The summed E-state index contributed by atoms with van der Waals surface area (Å²) in [5, 5.41) is 4.99. The second kappa shape index (κ2) is 5.90. The van der Waals surface area contributed by atoms with Gasteiger partial charge in [0.1, 0.15) is 0 Å². The van der Waals surface area contributed by atoms with Crippen molar-refractivity contribution in [1.29, 1.82) is 0 Å². The number of fused-ring (bicyclic) bond motifs is 1. The predicted molar refractivity (Wildman–Crippen MR) is 79.3 cm³/mol. The summed E-state index contributed by atoms with van der Waals surface area (Å²) in [6.45, 7) is 0.246. The van der Waals surface area contributed by atoms with E-state index < -0.39 is 0 Å². The van der Waals surface area contributed by atoms with Crippen molar-refractivity contribution in [2.45, 2.75) is 6.54 Å². The van der Waals surface area contributed by atoms with E-state index >= 15 is 0 Å². The van der Waals surface area contributed by atoms with Crippen molar-refractivity contribution >= 4 is 28.0 Å². The van der Waals surface area contributed by atoms with Crippen LogP contribution in [0.25, 0.3) is 5.65 Å². The average molecular weight is 303 g/mol. The number of hydrogen-bond donors (Lipinski definition) is 2. The highest BCUT2D eigenvalue weighted by molar-refractivity contribution is 7.13. The molecule has 3 N–H and O–H groups in total. The van der Waals surface area contributed by atoms with Gasteiger partial charge < -0.3 is 14.9 Å². The standard InChI is InChI=1S/C13H13N5O2S/c14-6-9-7-18-4-1-2-10(12(18)16-9)20-8-11(19)17-13-15-3-5-21-13/h1-5,7H,6,8,14H2,(H,15,17,19). The molecule has 3 rings (SSSR count). The Balaban J connectivity index is 1.70. The van der Waals surface area contributed by atoms with Crippen molar-refractivity contribution in [2.75, 3.05) is 11.9 Å². The molecule has 0 saturated carbocycles. The average Bonchev–Trinajstić information content (AvgIpc) is 3.13. The highest BCUT2D eigenvalue weighted by Gasteiger charge is 2.09. The van der Waals surface area contributed by atoms with Crippen LogP contribution >= 0.6 is 11.3 Å². The predicted octanol–water partition coefficient (Wildman–Crippen LogP) is 1.27. The van der Waals surface area contributed by atoms with Gasteiger partial charge in [-0.2, -0.15) is 0 Å². The molecule has 0 saturated heterocycles. The number of nitrogens with zero attached hydrogens (tertiary/aromatic N) is 3. The summed E-state index contributed by atoms with van der Waals surface area (Å²) in [5.74, 6) is 0.268. The fourth-order valence-corrected chi connectivity index (χ4v) is 2.38. The monoisotopic (exact) mass is 303 g/mol. The van der Waals surface area contributed by atoms with Crippen LogP contribution in [0.15, 0.2) is 36.1 Å². The van der Waals surface area contributed by atoms with E-state index in [-0.39, 0.29) is 12.5 Å². The molecule has 0 spiro atoms. The summed E-state index contributed by atoms with van der Waals surface area (Å²) in [6.07, 6.45) is 5.31. The molecule has 8 heteroatoms. The van der Waals surface area contributed by atoms with Crippen LogP contribution in [0, 0.1) is 0 Å². The molecule has 0 bridgehead atoms. The zero-order chi connectivity index (χ0) is 14.7. The quantitative estimate of drug-likeness (QED) is 0.740. The van der Waals surface area contributed by atoms with Gasteiger partial charge in [0.25, 0.3) is 5.91 Å². The number of amides is 1. The number of imidazole rings is 1. The largest absolute Gasteiger partial charge is 0.480 e. The van der Waals surface area contributed by atoms with Gasteiger partial charge in [-0.3, -0.25) is 10.1 Å². The topological polar surface area (TPSA) is 94.5 Å². The van der Waals surface area contributed by atoms with E-state index in [0.717, 1.165) is 5.69 Å². The van der Waals surface area contributed by atoms with Crippen molar-refractivity contribution < 1.29 is 9.53 Å². The zero-order valence-corrected chi connectivity index (χ0v) is 11.8. The van der Waals surface area contributed by atoms with Gasteiger partial charge in [-0.1, -0.05) is 0 Å². The van der Waals surface area contributed by atoms with Crippen LogP contribution in [0.3, 0.4) is 0 Å². The van der Waals surface area contributed by atoms with Crippen LogP contribution in [0.2, 0.25) is 0 Å². The van der Waals surface area contributed by atoms with Crippen LogP contribution in [-0.2, 0) is 11.3 Å². The maximum absolute atomic E-state index is 11.8. The van der Waals surface area contributed by atoms with Crippen LogP contribution in [0.5, 0.6) is 5.75 Å². The van der Waals surface area contributed by atoms with Crippen molar-refractivity contribution in [1.82, 2.24) is 14.4 Å². The third-order valence-corrected chi connectivity index (χ3v) is 3.43. The van der Waals surface area contributed by atoms with E-state index in [1.165, 1.54) is 11.3 Å². The number of nitrogens with two attached hydrogens (primary N) is 1. The van der Waals surface area contributed by atoms with E-state index in [4.69, 9.17) is 10.5 Å². The summed E-state index contributed by atoms with van der Waals surface area (Å²) in [4.78, 5) is 20.1. The number of anilines is 1. The number of carbonyl (C=O) groups excluding carboxylic acids is 1. The Kier molecular flexibility index (Phi) is 3.80.